The van der Waals surface area contributed by atoms with Crippen molar-refractivity contribution in [1.82, 2.24) is 10.6 Å². The smallest absolute Gasteiger partial charge is 0.253 e. The van der Waals surface area contributed by atoms with Crippen LogP contribution in [0.4, 0.5) is 5.69 Å². The lowest BCUT2D eigenvalue weighted by Crippen LogP contribution is -2.32. The predicted octanol–water partition coefficient (Wildman–Crippen LogP) is 1.92. The van der Waals surface area contributed by atoms with Gasteiger partial charge in [0.2, 0.25) is 5.91 Å². The monoisotopic (exact) mass is 341 g/mol. The molecule has 4 N–H and O–H groups in total. The van der Waals surface area contributed by atoms with Gasteiger partial charge in [0.05, 0.1) is 5.56 Å². The first-order chi connectivity index (χ1) is 9.40. The molecule has 0 bridgehead atoms. The van der Waals surface area contributed by atoms with E-state index in [2.05, 4.69) is 26.6 Å². The Morgan fingerprint density at radius 1 is 1.30 bits per heavy atom. The minimum Gasteiger partial charge on any atom is -0.398 e. The van der Waals surface area contributed by atoms with Crippen LogP contribution in [0.2, 0.25) is 0 Å². The summed E-state index contributed by atoms with van der Waals surface area (Å²) in [6, 6.07) is 5.07. The van der Waals surface area contributed by atoms with Crippen LogP contribution in [0.5, 0.6) is 0 Å². The van der Waals surface area contributed by atoms with Gasteiger partial charge in [-0.2, -0.15) is 0 Å². The largest absolute Gasteiger partial charge is 0.398 e. The highest BCUT2D eigenvalue weighted by atomic mass is 79.9. The number of hydrogen-bond donors (Lipinski definition) is 3. The molecule has 0 aromatic heterocycles. The van der Waals surface area contributed by atoms with Crippen molar-refractivity contribution in [2.24, 2.45) is 5.92 Å². The number of carbonyl (C=O) groups is 2. The van der Waals surface area contributed by atoms with E-state index in [9.17, 15) is 9.59 Å². The minimum atomic E-state index is -0.272. The number of halogens is 1. The number of amides is 2. The fourth-order valence-corrected chi connectivity index (χ4v) is 1.91. The van der Waals surface area contributed by atoms with E-state index in [1.54, 1.807) is 18.2 Å². The zero-order valence-corrected chi connectivity index (χ0v) is 13.3. The first-order valence-corrected chi connectivity index (χ1v) is 7.29. The molecule has 0 aliphatic heterocycles. The Kier molecular flexibility index (Phi) is 6.51. The van der Waals surface area contributed by atoms with Crippen molar-refractivity contribution in [1.29, 1.82) is 0 Å². The molecule has 0 atom stereocenters. The summed E-state index contributed by atoms with van der Waals surface area (Å²) in [6.07, 6.45) is 0.259. The second kappa shape index (κ2) is 7.89. The number of hydrogen-bond acceptors (Lipinski definition) is 3. The van der Waals surface area contributed by atoms with E-state index >= 15 is 0 Å². The summed E-state index contributed by atoms with van der Waals surface area (Å²) in [5.74, 6) is 0.0746. The molecule has 20 heavy (non-hydrogen) atoms. The molecule has 0 fully saturated rings. The molecule has 0 radical (unpaired) electrons. The third-order valence-electron chi connectivity index (χ3n) is 2.60. The molecule has 0 saturated heterocycles. The number of anilines is 1. The van der Waals surface area contributed by atoms with Crippen LogP contribution in [0.1, 0.15) is 30.6 Å². The highest BCUT2D eigenvalue weighted by molar-refractivity contribution is 9.10. The molecule has 0 saturated carbocycles. The third kappa shape index (κ3) is 5.61. The van der Waals surface area contributed by atoms with E-state index in [1.165, 1.54) is 0 Å². The van der Waals surface area contributed by atoms with Gasteiger partial charge in [-0.25, -0.2) is 0 Å². The van der Waals surface area contributed by atoms with Gasteiger partial charge < -0.3 is 16.4 Å². The van der Waals surface area contributed by atoms with Crippen LogP contribution in [0.3, 0.4) is 0 Å². The summed E-state index contributed by atoms with van der Waals surface area (Å²) in [7, 11) is 0. The fraction of sp³-hybridized carbons (Fsp3) is 0.429. The maximum atomic E-state index is 11.9. The van der Waals surface area contributed by atoms with Crippen molar-refractivity contribution in [3.8, 4) is 0 Å². The van der Waals surface area contributed by atoms with Crippen molar-refractivity contribution in [3.63, 3.8) is 0 Å². The van der Waals surface area contributed by atoms with Crippen LogP contribution in [0, 0.1) is 5.92 Å². The predicted molar refractivity (Wildman–Crippen MR) is 83.4 cm³/mol. The highest BCUT2D eigenvalue weighted by Crippen LogP contribution is 2.18. The number of carbonyl (C=O) groups excluding carboxylic acids is 2. The summed E-state index contributed by atoms with van der Waals surface area (Å²) in [5, 5.41) is 5.48. The molecule has 110 valence electrons. The molecule has 0 unspecified atom stereocenters. The van der Waals surface area contributed by atoms with Crippen molar-refractivity contribution in [3.05, 3.63) is 28.2 Å². The van der Waals surface area contributed by atoms with Crippen molar-refractivity contribution in [2.75, 3.05) is 18.8 Å². The quantitative estimate of drug-likeness (QED) is 0.691. The van der Waals surface area contributed by atoms with Gasteiger partial charge in [0.25, 0.3) is 5.91 Å². The average molecular weight is 342 g/mol. The van der Waals surface area contributed by atoms with Crippen molar-refractivity contribution < 1.29 is 9.59 Å². The van der Waals surface area contributed by atoms with Crippen LogP contribution in [0.25, 0.3) is 0 Å². The number of nitrogen functional groups attached to an aromatic ring is 1. The Bertz CT molecular complexity index is 489. The van der Waals surface area contributed by atoms with Gasteiger partial charge in [-0.3, -0.25) is 9.59 Å². The molecule has 1 rings (SSSR count). The SMILES string of the molecule is CC(C)CNC(=O)CCNC(=O)c1ccc(Br)cc1N. The first kappa shape index (κ1) is 16.5. The zero-order chi connectivity index (χ0) is 15.1. The Morgan fingerprint density at radius 2 is 2.00 bits per heavy atom. The van der Waals surface area contributed by atoms with E-state index in [4.69, 9.17) is 5.73 Å². The Labute approximate surface area is 127 Å². The summed E-state index contributed by atoms with van der Waals surface area (Å²) in [4.78, 5) is 23.4. The van der Waals surface area contributed by atoms with Crippen molar-refractivity contribution >= 4 is 33.4 Å². The molecular weight excluding hydrogens is 322 g/mol. The van der Waals surface area contributed by atoms with Gasteiger partial charge in [-0.15, -0.1) is 0 Å². The van der Waals surface area contributed by atoms with Gasteiger partial charge in [0.15, 0.2) is 0 Å². The summed E-state index contributed by atoms with van der Waals surface area (Å²) < 4.78 is 0.819. The van der Waals surface area contributed by atoms with Gasteiger partial charge in [-0.1, -0.05) is 29.8 Å². The average Bonchev–Trinajstić information content (AvgIpc) is 2.36. The second-order valence-corrected chi connectivity index (χ2v) is 5.85. The lowest BCUT2D eigenvalue weighted by Gasteiger charge is -2.09. The molecule has 2 amide bonds. The molecule has 6 heteroatoms. The topological polar surface area (TPSA) is 84.2 Å². The van der Waals surface area contributed by atoms with E-state index in [0.717, 1.165) is 4.47 Å². The Morgan fingerprint density at radius 3 is 2.60 bits per heavy atom. The van der Waals surface area contributed by atoms with Crippen molar-refractivity contribution in [2.45, 2.75) is 20.3 Å². The van der Waals surface area contributed by atoms with Crippen LogP contribution in [-0.4, -0.2) is 24.9 Å². The van der Waals surface area contributed by atoms with E-state index in [0.29, 0.717) is 23.7 Å². The fourth-order valence-electron chi connectivity index (χ4n) is 1.53. The maximum absolute atomic E-state index is 11.9. The Hall–Kier alpha value is -1.56. The molecule has 5 nitrogen and oxygen atoms in total. The maximum Gasteiger partial charge on any atom is 0.253 e. The number of rotatable bonds is 6. The van der Waals surface area contributed by atoms with E-state index in [-0.39, 0.29) is 24.8 Å². The number of nitrogens with one attached hydrogen (secondary N) is 2. The lowest BCUT2D eigenvalue weighted by molar-refractivity contribution is -0.121. The van der Waals surface area contributed by atoms with E-state index in [1.807, 2.05) is 13.8 Å². The molecular formula is C14H20BrN3O2. The van der Waals surface area contributed by atoms with Crippen LogP contribution < -0.4 is 16.4 Å². The van der Waals surface area contributed by atoms with Crippen LogP contribution >= 0.6 is 15.9 Å². The van der Waals surface area contributed by atoms with Gasteiger partial charge >= 0.3 is 0 Å². The molecule has 0 heterocycles. The van der Waals surface area contributed by atoms with Gasteiger partial charge in [0.1, 0.15) is 0 Å². The third-order valence-corrected chi connectivity index (χ3v) is 3.10. The van der Waals surface area contributed by atoms with Crippen LogP contribution in [-0.2, 0) is 4.79 Å². The summed E-state index contributed by atoms with van der Waals surface area (Å²) in [6.45, 7) is 4.99. The molecule has 0 spiro atoms. The molecule has 0 aliphatic carbocycles. The zero-order valence-electron chi connectivity index (χ0n) is 11.7. The van der Waals surface area contributed by atoms with Gasteiger partial charge in [-0.05, 0) is 24.1 Å². The van der Waals surface area contributed by atoms with Gasteiger partial charge in [0, 0.05) is 29.7 Å². The van der Waals surface area contributed by atoms with E-state index < -0.39 is 0 Å². The normalized spacial score (nSPS) is 10.4. The standard InChI is InChI=1S/C14H20BrN3O2/c1-9(2)8-18-13(19)5-6-17-14(20)11-4-3-10(15)7-12(11)16/h3-4,7,9H,5-6,8,16H2,1-2H3,(H,17,20)(H,18,19). The number of nitrogens with two attached hydrogens (primary N) is 1. The summed E-state index contributed by atoms with van der Waals surface area (Å²) >= 11 is 3.28. The molecule has 0 aliphatic rings. The van der Waals surface area contributed by atoms with Crippen LogP contribution in [0.15, 0.2) is 22.7 Å². The second-order valence-electron chi connectivity index (χ2n) is 4.94. The Balaban J connectivity index is 2.38. The lowest BCUT2D eigenvalue weighted by atomic mass is 10.1. The summed E-state index contributed by atoms with van der Waals surface area (Å²) in [5.41, 5.74) is 6.58. The highest BCUT2D eigenvalue weighted by Gasteiger charge is 2.10. The number of benzene rings is 1. The first-order valence-electron chi connectivity index (χ1n) is 6.50. The molecule has 1 aromatic rings. The minimum absolute atomic E-state index is 0.0669. The molecule has 1 aromatic carbocycles.